The molecule has 0 radical (unpaired) electrons. The Morgan fingerprint density at radius 3 is 2.24 bits per heavy atom. The van der Waals surface area contributed by atoms with Gasteiger partial charge in [-0.05, 0) is 33.0 Å². The SMILES string of the molecule is CCCCCCC(C)OP(C)(=O)O[Si](C)(C)C. The van der Waals surface area contributed by atoms with Crippen molar-refractivity contribution in [2.45, 2.75) is 71.7 Å². The third-order valence-electron chi connectivity index (χ3n) is 2.28. The molecule has 5 heteroatoms. The molecule has 0 rings (SSSR count). The number of rotatable bonds is 9. The monoisotopic (exact) mass is 280 g/mol. The molecule has 0 aromatic carbocycles. The second-order valence-electron chi connectivity index (χ2n) is 5.74. The topological polar surface area (TPSA) is 35.5 Å². The Kier molecular flexibility index (Phi) is 7.89. The summed E-state index contributed by atoms with van der Waals surface area (Å²) in [6.45, 7) is 11.8. The molecule has 104 valence electrons. The van der Waals surface area contributed by atoms with E-state index < -0.39 is 15.9 Å². The maximum atomic E-state index is 12.1. The van der Waals surface area contributed by atoms with E-state index in [2.05, 4.69) is 6.92 Å². The highest BCUT2D eigenvalue weighted by Crippen LogP contribution is 2.48. The smallest absolute Gasteiger partial charge is 0.318 e. The van der Waals surface area contributed by atoms with Gasteiger partial charge in [-0.2, -0.15) is 0 Å². The lowest BCUT2D eigenvalue weighted by Crippen LogP contribution is -2.24. The molecule has 17 heavy (non-hydrogen) atoms. The summed E-state index contributed by atoms with van der Waals surface area (Å²) in [4.78, 5) is 0. The zero-order valence-corrected chi connectivity index (χ0v) is 14.2. The molecule has 0 saturated carbocycles. The molecule has 2 atom stereocenters. The molecule has 0 aromatic heterocycles. The highest BCUT2D eigenvalue weighted by molar-refractivity contribution is 7.54. The van der Waals surface area contributed by atoms with Crippen molar-refractivity contribution in [2.75, 3.05) is 6.66 Å². The minimum Gasteiger partial charge on any atom is -0.351 e. The Hall–Kier alpha value is 0.367. The Balaban J connectivity index is 3.93. The summed E-state index contributed by atoms with van der Waals surface area (Å²) in [5.74, 6) is 0. The van der Waals surface area contributed by atoms with Gasteiger partial charge in [-0.25, -0.2) is 0 Å². The van der Waals surface area contributed by atoms with Crippen LogP contribution in [0.3, 0.4) is 0 Å². The minimum atomic E-state index is -2.86. The van der Waals surface area contributed by atoms with E-state index in [0.717, 1.165) is 12.8 Å². The van der Waals surface area contributed by atoms with Gasteiger partial charge in [-0.1, -0.05) is 32.6 Å². The fourth-order valence-corrected chi connectivity index (χ4v) is 6.67. The Bertz CT molecular complexity index is 251. The summed E-state index contributed by atoms with van der Waals surface area (Å²) in [6.07, 6.45) is 5.86. The van der Waals surface area contributed by atoms with E-state index >= 15 is 0 Å². The molecule has 0 saturated heterocycles. The molecule has 2 unspecified atom stereocenters. The van der Waals surface area contributed by atoms with Crippen LogP contribution in [-0.2, 0) is 13.3 Å². The minimum absolute atomic E-state index is 0.0269. The van der Waals surface area contributed by atoms with Crippen molar-refractivity contribution in [3.63, 3.8) is 0 Å². The van der Waals surface area contributed by atoms with Crippen molar-refractivity contribution >= 4 is 15.9 Å². The molecular weight excluding hydrogens is 251 g/mol. The van der Waals surface area contributed by atoms with Gasteiger partial charge in [-0.15, -0.1) is 0 Å². The standard InChI is InChI=1S/C12H29O3PSi/c1-7-8-9-10-11-12(2)14-16(3,13)15-17(4,5)6/h12H,7-11H2,1-6H3. The molecule has 0 aliphatic heterocycles. The Labute approximate surface area is 108 Å². The van der Waals surface area contributed by atoms with Gasteiger partial charge < -0.3 is 8.74 Å². The second kappa shape index (κ2) is 7.73. The van der Waals surface area contributed by atoms with Gasteiger partial charge in [0.1, 0.15) is 0 Å². The van der Waals surface area contributed by atoms with Crippen molar-refractivity contribution in [3.8, 4) is 0 Å². The maximum absolute atomic E-state index is 12.1. The molecule has 0 N–H and O–H groups in total. The lowest BCUT2D eigenvalue weighted by Gasteiger charge is -2.25. The van der Waals surface area contributed by atoms with E-state index in [9.17, 15) is 4.57 Å². The summed E-state index contributed by atoms with van der Waals surface area (Å²) < 4.78 is 23.3. The Morgan fingerprint density at radius 2 is 1.76 bits per heavy atom. The summed E-state index contributed by atoms with van der Waals surface area (Å²) in [5.41, 5.74) is 0. The van der Waals surface area contributed by atoms with Crippen LogP contribution < -0.4 is 0 Å². The quantitative estimate of drug-likeness (QED) is 0.337. The highest BCUT2D eigenvalue weighted by atomic mass is 31.2. The second-order valence-corrected chi connectivity index (χ2v) is 12.4. The first-order chi connectivity index (χ1) is 7.66. The lowest BCUT2D eigenvalue weighted by molar-refractivity contribution is 0.183. The van der Waals surface area contributed by atoms with Crippen LogP contribution in [0.25, 0.3) is 0 Å². The molecule has 0 aromatic rings. The van der Waals surface area contributed by atoms with Crippen LogP contribution in [0.2, 0.25) is 19.6 Å². The number of hydrogen-bond donors (Lipinski definition) is 0. The summed E-state index contributed by atoms with van der Waals surface area (Å²) in [6, 6.07) is 0. The zero-order valence-electron chi connectivity index (χ0n) is 12.3. The van der Waals surface area contributed by atoms with Crippen LogP contribution in [0.15, 0.2) is 0 Å². The predicted octanol–water partition coefficient (Wildman–Crippen LogP) is 5.04. The van der Waals surface area contributed by atoms with Crippen LogP contribution in [-0.4, -0.2) is 21.1 Å². The average Bonchev–Trinajstić information content (AvgIpc) is 2.07. The first kappa shape index (κ1) is 17.4. The summed E-state index contributed by atoms with van der Waals surface area (Å²) in [7, 11) is -4.66. The van der Waals surface area contributed by atoms with Gasteiger partial charge in [0.05, 0.1) is 6.10 Å². The van der Waals surface area contributed by atoms with Gasteiger partial charge in [0.2, 0.25) is 0 Å². The molecule has 0 bridgehead atoms. The van der Waals surface area contributed by atoms with Crippen molar-refractivity contribution in [3.05, 3.63) is 0 Å². The van der Waals surface area contributed by atoms with Crippen LogP contribution in [0.4, 0.5) is 0 Å². The third-order valence-corrected chi connectivity index (χ3v) is 6.54. The molecule has 0 aliphatic rings. The maximum Gasteiger partial charge on any atom is 0.318 e. The average molecular weight is 280 g/mol. The van der Waals surface area contributed by atoms with Crippen LogP contribution >= 0.6 is 7.60 Å². The van der Waals surface area contributed by atoms with Crippen molar-refractivity contribution in [1.29, 1.82) is 0 Å². The molecule has 0 heterocycles. The summed E-state index contributed by atoms with van der Waals surface area (Å²) in [5, 5.41) is 0. The van der Waals surface area contributed by atoms with E-state index in [0.29, 0.717) is 0 Å². The molecule has 0 fully saturated rings. The van der Waals surface area contributed by atoms with E-state index in [1.165, 1.54) is 19.3 Å². The predicted molar refractivity (Wildman–Crippen MR) is 77.3 cm³/mol. The van der Waals surface area contributed by atoms with Crippen LogP contribution in [0.5, 0.6) is 0 Å². The molecule has 0 aliphatic carbocycles. The van der Waals surface area contributed by atoms with Crippen LogP contribution in [0, 0.1) is 0 Å². The molecule has 0 spiro atoms. The molecular formula is C12H29O3PSi. The van der Waals surface area contributed by atoms with E-state index in [1.54, 1.807) is 6.66 Å². The fraction of sp³-hybridized carbons (Fsp3) is 1.00. The van der Waals surface area contributed by atoms with Crippen LogP contribution in [0.1, 0.15) is 46.0 Å². The normalized spacial score (nSPS) is 17.8. The van der Waals surface area contributed by atoms with Crippen molar-refractivity contribution < 1.29 is 13.3 Å². The first-order valence-corrected chi connectivity index (χ1v) is 12.0. The van der Waals surface area contributed by atoms with E-state index in [-0.39, 0.29) is 6.10 Å². The largest absolute Gasteiger partial charge is 0.351 e. The van der Waals surface area contributed by atoms with Gasteiger partial charge in [0.25, 0.3) is 0 Å². The third kappa shape index (κ3) is 11.2. The number of unbranched alkanes of at least 4 members (excludes halogenated alkanes) is 3. The van der Waals surface area contributed by atoms with E-state index in [1.807, 2.05) is 26.6 Å². The molecule has 0 amide bonds. The van der Waals surface area contributed by atoms with Gasteiger partial charge in [0, 0.05) is 6.66 Å². The number of hydrogen-bond acceptors (Lipinski definition) is 3. The van der Waals surface area contributed by atoms with Gasteiger partial charge in [-0.3, -0.25) is 4.57 Å². The van der Waals surface area contributed by atoms with Crippen molar-refractivity contribution in [1.82, 2.24) is 0 Å². The Morgan fingerprint density at radius 1 is 1.18 bits per heavy atom. The zero-order chi connectivity index (χ0) is 13.5. The highest BCUT2D eigenvalue weighted by Gasteiger charge is 2.28. The lowest BCUT2D eigenvalue weighted by atomic mass is 10.1. The molecule has 3 nitrogen and oxygen atoms in total. The summed E-state index contributed by atoms with van der Waals surface area (Å²) >= 11 is 0. The first-order valence-electron chi connectivity index (χ1n) is 6.63. The van der Waals surface area contributed by atoms with Gasteiger partial charge >= 0.3 is 7.60 Å². The van der Waals surface area contributed by atoms with Gasteiger partial charge in [0.15, 0.2) is 8.32 Å². The van der Waals surface area contributed by atoms with Crippen molar-refractivity contribution in [2.24, 2.45) is 0 Å². The van der Waals surface area contributed by atoms with E-state index in [4.69, 9.17) is 8.74 Å². The fourth-order valence-electron chi connectivity index (χ4n) is 1.76.